The van der Waals surface area contributed by atoms with Crippen LogP contribution in [0.15, 0.2) is 53.1 Å². The Hall–Kier alpha value is -3.19. The predicted molar refractivity (Wildman–Crippen MR) is 115 cm³/mol. The predicted octanol–water partition coefficient (Wildman–Crippen LogP) is 4.44. The highest BCUT2D eigenvalue weighted by Gasteiger charge is 2.17. The summed E-state index contributed by atoms with van der Waals surface area (Å²) in [4.78, 5) is 30.7. The van der Waals surface area contributed by atoms with Gasteiger partial charge >= 0.3 is 0 Å². The van der Waals surface area contributed by atoms with Crippen LogP contribution in [-0.4, -0.2) is 39.9 Å². The molecule has 2 amide bonds. The van der Waals surface area contributed by atoms with Gasteiger partial charge in [0, 0.05) is 37.2 Å². The average molecular weight is 427 g/mol. The number of carbonyl (C=O) groups excluding carboxylic acids is 2. The fourth-order valence-corrected chi connectivity index (χ4v) is 3.21. The Labute approximate surface area is 180 Å². The number of benzene rings is 2. The van der Waals surface area contributed by atoms with Crippen LogP contribution in [-0.2, 0) is 11.2 Å². The minimum atomic E-state index is -0.214. The molecule has 1 heterocycles. The van der Waals surface area contributed by atoms with Crippen LogP contribution in [0.2, 0.25) is 5.02 Å². The first-order valence-electron chi connectivity index (χ1n) is 9.78. The van der Waals surface area contributed by atoms with Crippen molar-refractivity contribution in [1.82, 2.24) is 15.0 Å². The summed E-state index contributed by atoms with van der Waals surface area (Å²) in [6.07, 6.45) is 0.492. The molecule has 1 aromatic heterocycles. The Morgan fingerprint density at radius 1 is 1.10 bits per heavy atom. The number of hydrogen-bond acceptors (Lipinski definition) is 5. The Balaban J connectivity index is 1.57. The smallest absolute Gasteiger partial charge is 0.255 e. The molecule has 0 atom stereocenters. The van der Waals surface area contributed by atoms with Crippen LogP contribution >= 0.6 is 11.6 Å². The molecule has 0 aliphatic rings. The van der Waals surface area contributed by atoms with Crippen LogP contribution in [0.1, 0.15) is 36.5 Å². The van der Waals surface area contributed by atoms with Gasteiger partial charge in [-0.25, -0.2) is 0 Å². The molecule has 8 heteroatoms. The molecule has 3 aromatic rings. The molecule has 156 valence electrons. The summed E-state index contributed by atoms with van der Waals surface area (Å²) in [7, 11) is 0. The molecule has 3 rings (SSSR count). The molecule has 0 unspecified atom stereocenters. The second kappa shape index (κ2) is 10.0. The van der Waals surface area contributed by atoms with Crippen LogP contribution in [0.5, 0.6) is 0 Å². The van der Waals surface area contributed by atoms with Crippen molar-refractivity contribution in [1.29, 1.82) is 0 Å². The zero-order valence-electron chi connectivity index (χ0n) is 16.9. The maximum absolute atomic E-state index is 12.5. The number of nitrogens with one attached hydrogen (secondary N) is 1. The molecule has 1 N–H and O–H groups in total. The maximum atomic E-state index is 12.5. The average Bonchev–Trinajstić information content (AvgIpc) is 3.23. The Bertz CT molecular complexity index is 1020. The number of nitrogens with zero attached hydrogens (tertiary/aromatic N) is 3. The number of carbonyl (C=O) groups is 2. The van der Waals surface area contributed by atoms with Gasteiger partial charge in [0.05, 0.1) is 10.6 Å². The van der Waals surface area contributed by atoms with Crippen molar-refractivity contribution in [2.24, 2.45) is 0 Å². The lowest BCUT2D eigenvalue weighted by Gasteiger charge is -2.19. The van der Waals surface area contributed by atoms with Crippen LogP contribution in [0.4, 0.5) is 5.69 Å². The molecule has 0 radical (unpaired) electrons. The summed E-state index contributed by atoms with van der Waals surface area (Å²) in [5.74, 6) is 0.537. The summed E-state index contributed by atoms with van der Waals surface area (Å²) in [6, 6.07) is 14.3. The molecule has 0 aliphatic heterocycles. The fourth-order valence-electron chi connectivity index (χ4n) is 2.95. The van der Waals surface area contributed by atoms with E-state index in [-0.39, 0.29) is 18.2 Å². The topological polar surface area (TPSA) is 88.3 Å². The number of anilines is 1. The van der Waals surface area contributed by atoms with Gasteiger partial charge in [0.2, 0.25) is 17.6 Å². The van der Waals surface area contributed by atoms with E-state index in [9.17, 15) is 9.59 Å². The van der Waals surface area contributed by atoms with Gasteiger partial charge in [-0.1, -0.05) is 47.1 Å². The summed E-state index contributed by atoms with van der Waals surface area (Å²) in [6.45, 7) is 5.03. The lowest BCUT2D eigenvalue weighted by molar-refractivity contribution is -0.116. The van der Waals surface area contributed by atoms with Gasteiger partial charge in [-0.3, -0.25) is 9.59 Å². The number of amides is 2. The zero-order chi connectivity index (χ0) is 21.5. The highest BCUT2D eigenvalue weighted by Crippen LogP contribution is 2.23. The molecule has 0 bridgehead atoms. The quantitative estimate of drug-likeness (QED) is 0.575. The third kappa shape index (κ3) is 5.24. The molecule has 2 aromatic carbocycles. The zero-order valence-corrected chi connectivity index (χ0v) is 17.6. The second-order valence-electron chi connectivity index (χ2n) is 6.60. The molecule has 7 nitrogen and oxygen atoms in total. The minimum Gasteiger partial charge on any atom is -0.339 e. The highest BCUT2D eigenvalue weighted by atomic mass is 35.5. The van der Waals surface area contributed by atoms with Crippen molar-refractivity contribution in [2.45, 2.75) is 26.7 Å². The van der Waals surface area contributed by atoms with Crippen LogP contribution in [0.3, 0.4) is 0 Å². The van der Waals surface area contributed by atoms with Crippen molar-refractivity contribution >= 4 is 29.1 Å². The Kier molecular flexibility index (Phi) is 7.19. The number of halogens is 1. The SMILES string of the molecule is CCN(CC)C(=O)c1ccc(NC(=O)CCc2nc(-c3ccccc3)no2)cc1Cl. The van der Waals surface area contributed by atoms with E-state index in [1.165, 1.54) is 0 Å². The molecule has 0 fully saturated rings. The lowest BCUT2D eigenvalue weighted by atomic mass is 10.1. The highest BCUT2D eigenvalue weighted by molar-refractivity contribution is 6.34. The van der Waals surface area contributed by atoms with E-state index in [2.05, 4.69) is 15.5 Å². The molecule has 0 aliphatic carbocycles. The van der Waals surface area contributed by atoms with Gasteiger partial charge in [-0.15, -0.1) is 0 Å². The number of aromatic nitrogens is 2. The normalized spacial score (nSPS) is 10.6. The minimum absolute atomic E-state index is 0.131. The molecule has 0 spiro atoms. The van der Waals surface area contributed by atoms with E-state index in [0.29, 0.717) is 47.5 Å². The summed E-state index contributed by atoms with van der Waals surface area (Å²) >= 11 is 6.27. The monoisotopic (exact) mass is 426 g/mol. The fraction of sp³-hybridized carbons (Fsp3) is 0.273. The lowest BCUT2D eigenvalue weighted by Crippen LogP contribution is -2.30. The molecule has 0 saturated carbocycles. The standard InChI is InChI=1S/C22H23ClN4O3/c1-3-27(4-2)22(29)17-11-10-16(14-18(17)23)24-19(28)12-13-20-25-21(26-30-20)15-8-6-5-7-9-15/h5-11,14H,3-4,12-13H2,1-2H3,(H,24,28). The Morgan fingerprint density at radius 3 is 2.50 bits per heavy atom. The van der Waals surface area contributed by atoms with E-state index in [4.69, 9.17) is 16.1 Å². The van der Waals surface area contributed by atoms with Crippen molar-refractivity contribution in [3.63, 3.8) is 0 Å². The van der Waals surface area contributed by atoms with Gasteiger partial charge in [0.25, 0.3) is 5.91 Å². The van der Waals surface area contributed by atoms with E-state index in [1.54, 1.807) is 23.1 Å². The van der Waals surface area contributed by atoms with Crippen molar-refractivity contribution in [2.75, 3.05) is 18.4 Å². The van der Waals surface area contributed by atoms with Gasteiger partial charge in [0.15, 0.2) is 0 Å². The van der Waals surface area contributed by atoms with Crippen LogP contribution < -0.4 is 5.32 Å². The number of aryl methyl sites for hydroxylation is 1. The van der Waals surface area contributed by atoms with Crippen molar-refractivity contribution in [3.05, 3.63) is 65.0 Å². The third-order valence-corrected chi connectivity index (χ3v) is 4.91. The number of hydrogen-bond donors (Lipinski definition) is 1. The largest absolute Gasteiger partial charge is 0.339 e. The first kappa shape index (κ1) is 21.5. The van der Waals surface area contributed by atoms with E-state index in [0.717, 1.165) is 5.56 Å². The summed E-state index contributed by atoms with van der Waals surface area (Å²) in [5.41, 5.74) is 1.79. The molecule has 0 saturated heterocycles. The van der Waals surface area contributed by atoms with E-state index >= 15 is 0 Å². The molecular weight excluding hydrogens is 404 g/mol. The molecular formula is C22H23ClN4O3. The van der Waals surface area contributed by atoms with E-state index < -0.39 is 0 Å². The van der Waals surface area contributed by atoms with Crippen molar-refractivity contribution in [3.8, 4) is 11.4 Å². The first-order valence-corrected chi connectivity index (χ1v) is 10.2. The molecule has 30 heavy (non-hydrogen) atoms. The third-order valence-electron chi connectivity index (χ3n) is 4.60. The van der Waals surface area contributed by atoms with Gasteiger partial charge in [-0.05, 0) is 32.0 Å². The van der Waals surface area contributed by atoms with Gasteiger partial charge in [-0.2, -0.15) is 4.98 Å². The van der Waals surface area contributed by atoms with Crippen LogP contribution in [0.25, 0.3) is 11.4 Å². The van der Waals surface area contributed by atoms with Crippen LogP contribution in [0, 0.1) is 0 Å². The second-order valence-corrected chi connectivity index (χ2v) is 7.01. The summed E-state index contributed by atoms with van der Waals surface area (Å²) < 4.78 is 5.22. The van der Waals surface area contributed by atoms with Gasteiger partial charge in [0.1, 0.15) is 0 Å². The maximum Gasteiger partial charge on any atom is 0.255 e. The van der Waals surface area contributed by atoms with Crippen molar-refractivity contribution < 1.29 is 14.1 Å². The summed E-state index contributed by atoms with van der Waals surface area (Å²) in [5, 5.41) is 7.02. The Morgan fingerprint density at radius 2 is 1.83 bits per heavy atom. The number of rotatable bonds is 8. The first-order chi connectivity index (χ1) is 14.5. The van der Waals surface area contributed by atoms with Gasteiger partial charge < -0.3 is 14.7 Å². The van der Waals surface area contributed by atoms with E-state index in [1.807, 2.05) is 44.2 Å².